The highest BCUT2D eigenvalue weighted by atomic mass is 16.2. The number of carbonyl (C=O) groups is 6. The predicted octanol–water partition coefficient (Wildman–Crippen LogP) is -3.27. The Balaban J connectivity index is 1.20. The van der Waals surface area contributed by atoms with Gasteiger partial charge in [-0.05, 0) is 0 Å². The molecule has 0 radical (unpaired) electrons. The Hall–Kier alpha value is -7.76. The van der Waals surface area contributed by atoms with Gasteiger partial charge < -0.3 is 67.0 Å². The van der Waals surface area contributed by atoms with Gasteiger partial charge in [0.1, 0.15) is 30.5 Å². The van der Waals surface area contributed by atoms with Crippen molar-refractivity contribution >= 4 is 35.8 Å². The average molecular weight is 825 g/mol. The van der Waals surface area contributed by atoms with Crippen molar-refractivity contribution in [1.29, 1.82) is 0 Å². The number of aldehydes is 1. The van der Waals surface area contributed by atoms with Crippen LogP contribution in [0.15, 0.2) is 75.1 Å². The zero-order valence-corrected chi connectivity index (χ0v) is 31.9. The molecule has 60 heavy (non-hydrogen) atoms. The first-order valence-corrected chi connectivity index (χ1v) is 18.7. The number of aromatic nitrogens is 12. The van der Waals surface area contributed by atoms with Crippen molar-refractivity contribution in [3.05, 3.63) is 109 Å². The van der Waals surface area contributed by atoms with Gasteiger partial charge >= 0.3 is 0 Å². The van der Waals surface area contributed by atoms with Crippen molar-refractivity contribution in [3.8, 4) is 0 Å². The molecule has 0 saturated carbocycles. The summed E-state index contributed by atoms with van der Waals surface area (Å²) in [5.41, 5.74) is 9.34. The molecule has 5 amide bonds. The number of nitrogens with zero attached hydrogens (tertiary/aromatic N) is 6. The lowest BCUT2D eigenvalue weighted by atomic mass is 10.0. The minimum Gasteiger partial charge on any atom is -0.348 e. The van der Waals surface area contributed by atoms with Crippen LogP contribution >= 0.6 is 0 Å². The summed E-state index contributed by atoms with van der Waals surface area (Å²) in [5.74, 6) is -3.60. The van der Waals surface area contributed by atoms with Gasteiger partial charge in [0.25, 0.3) is 0 Å². The summed E-state index contributed by atoms with van der Waals surface area (Å²) in [6.45, 7) is 0. The van der Waals surface area contributed by atoms with Crippen LogP contribution in [0.1, 0.15) is 34.2 Å². The van der Waals surface area contributed by atoms with E-state index >= 15 is 0 Å². The number of hydrogen-bond acceptors (Lipinski definition) is 13. The highest BCUT2D eigenvalue weighted by molar-refractivity contribution is 5.96. The Kier molecular flexibility index (Phi) is 14.4. The van der Waals surface area contributed by atoms with Gasteiger partial charge in [-0.1, -0.05) is 0 Å². The second kappa shape index (κ2) is 20.6. The molecule has 314 valence electrons. The van der Waals surface area contributed by atoms with Crippen molar-refractivity contribution in [1.82, 2.24) is 86.4 Å². The number of nitrogens with two attached hydrogens (primary N) is 1. The smallest absolute Gasteiger partial charge is 0.243 e. The first-order valence-electron chi connectivity index (χ1n) is 18.7. The van der Waals surface area contributed by atoms with Gasteiger partial charge in [-0.15, -0.1) is 0 Å². The second-order valence-corrected chi connectivity index (χ2v) is 13.8. The lowest BCUT2D eigenvalue weighted by Crippen LogP contribution is -2.60. The summed E-state index contributed by atoms with van der Waals surface area (Å²) >= 11 is 0. The molecule has 0 saturated heterocycles. The molecule has 0 unspecified atom stereocenters. The SMILES string of the molecule is N[C@@H](Cc1cnc[nH]1)C(=O)N[C@@H](Cc1cnc[nH]1)C(=O)N[C@@H](Cc1cnc[nH]1)C(=O)N[C@@H](Cc1cnc[nH]1)C(=O)N[C@@H](Cc1cnc[nH]1)C(=O)N[C@H](C=O)Cc1cnc[nH]1. The monoisotopic (exact) mass is 824 g/mol. The third-order valence-corrected chi connectivity index (χ3v) is 9.27. The molecule has 6 aromatic heterocycles. The molecule has 24 heteroatoms. The van der Waals surface area contributed by atoms with Gasteiger partial charge in [0.05, 0.1) is 50.0 Å². The number of rotatable bonds is 23. The molecular weight excluding hydrogens is 781 g/mol. The minimum absolute atomic E-state index is 0.0375. The number of imidazole rings is 6. The summed E-state index contributed by atoms with van der Waals surface area (Å²) in [6.07, 6.45) is 18.0. The third kappa shape index (κ3) is 12.1. The lowest BCUT2D eigenvalue weighted by molar-refractivity contribution is -0.134. The number of nitrogens with one attached hydrogen (secondary N) is 11. The van der Waals surface area contributed by atoms with Crippen LogP contribution in [0.25, 0.3) is 0 Å². The van der Waals surface area contributed by atoms with E-state index in [1.54, 1.807) is 0 Å². The molecule has 0 aliphatic rings. The molecule has 6 aromatic rings. The van der Waals surface area contributed by atoms with E-state index in [2.05, 4.69) is 86.4 Å². The largest absolute Gasteiger partial charge is 0.348 e. The first-order chi connectivity index (χ1) is 29.1. The van der Waals surface area contributed by atoms with Crippen molar-refractivity contribution in [2.24, 2.45) is 5.73 Å². The Morgan fingerprint density at radius 1 is 0.433 bits per heavy atom. The van der Waals surface area contributed by atoms with E-state index in [9.17, 15) is 28.8 Å². The normalized spacial score (nSPS) is 14.2. The van der Waals surface area contributed by atoms with Crippen molar-refractivity contribution in [2.45, 2.75) is 74.8 Å². The number of H-pyrrole nitrogens is 6. The molecule has 0 aliphatic heterocycles. The van der Waals surface area contributed by atoms with E-state index in [-0.39, 0.29) is 38.5 Å². The Morgan fingerprint density at radius 2 is 0.700 bits per heavy atom. The van der Waals surface area contributed by atoms with Crippen LogP contribution in [0.4, 0.5) is 0 Å². The fourth-order valence-corrected chi connectivity index (χ4v) is 6.17. The van der Waals surface area contributed by atoms with E-state index in [1.165, 1.54) is 75.1 Å². The Morgan fingerprint density at radius 3 is 0.983 bits per heavy atom. The minimum atomic E-state index is -1.33. The summed E-state index contributed by atoms with van der Waals surface area (Å²) in [7, 11) is 0. The number of aromatic amines is 6. The zero-order valence-electron chi connectivity index (χ0n) is 31.9. The highest BCUT2D eigenvalue weighted by Gasteiger charge is 2.33. The van der Waals surface area contributed by atoms with E-state index in [1.807, 2.05) is 0 Å². The number of amides is 5. The van der Waals surface area contributed by atoms with E-state index in [4.69, 9.17) is 5.73 Å². The van der Waals surface area contributed by atoms with Gasteiger partial charge in [0.2, 0.25) is 29.5 Å². The number of carbonyl (C=O) groups excluding carboxylic acids is 6. The van der Waals surface area contributed by atoms with Crippen LogP contribution in [0.5, 0.6) is 0 Å². The quantitative estimate of drug-likeness (QED) is 0.0283. The van der Waals surface area contributed by atoms with Crippen LogP contribution in [0.2, 0.25) is 0 Å². The summed E-state index contributed by atoms with van der Waals surface area (Å²) in [5, 5.41) is 13.5. The van der Waals surface area contributed by atoms with Crippen LogP contribution in [-0.4, -0.2) is 132 Å². The molecule has 0 aromatic carbocycles. The highest BCUT2D eigenvalue weighted by Crippen LogP contribution is 2.09. The third-order valence-electron chi connectivity index (χ3n) is 9.27. The molecule has 0 bridgehead atoms. The van der Waals surface area contributed by atoms with E-state index in [0.29, 0.717) is 40.4 Å². The molecule has 24 nitrogen and oxygen atoms in total. The van der Waals surface area contributed by atoms with Crippen LogP contribution < -0.4 is 32.3 Å². The van der Waals surface area contributed by atoms with Crippen LogP contribution in [0, 0.1) is 0 Å². The summed E-state index contributed by atoms with van der Waals surface area (Å²) < 4.78 is 0. The van der Waals surface area contributed by atoms with Crippen LogP contribution in [-0.2, 0) is 67.3 Å². The predicted molar refractivity (Wildman–Crippen MR) is 207 cm³/mol. The molecule has 13 N–H and O–H groups in total. The maximum atomic E-state index is 14.3. The topological polar surface area (TPSA) is 361 Å². The standard InChI is InChI=1S/C36H44N18O6/c37-27(2-21-8-39-15-45-21)32(56)51-29(4-23-10-41-17-47-23)34(58)53-31(6-25-12-43-19-49-25)36(60)54-30(5-24-11-42-18-48-24)35(59)52-28(3-22-9-40-16-46-22)33(57)50-26(13-55)1-20-7-38-14-44-20/h7-19,26-31H,1-6,37H2,(H,38,44)(H,39,45)(H,40,46)(H,41,47)(H,42,48)(H,43,49)(H,50,57)(H,51,56)(H,52,59)(H,53,58)(H,54,60)/t26-,27-,28-,29-,30-,31-/m0/s1. The molecule has 6 heterocycles. The first kappa shape index (κ1) is 41.9. The van der Waals surface area contributed by atoms with Gasteiger partial charge in [-0.2, -0.15) is 0 Å². The number of hydrogen-bond donors (Lipinski definition) is 12. The fourth-order valence-electron chi connectivity index (χ4n) is 6.17. The van der Waals surface area contributed by atoms with Gasteiger partial charge in [0, 0.05) is 110 Å². The molecule has 0 fully saturated rings. The van der Waals surface area contributed by atoms with Gasteiger partial charge in [0.15, 0.2) is 0 Å². The van der Waals surface area contributed by atoms with E-state index in [0.717, 1.165) is 0 Å². The van der Waals surface area contributed by atoms with Crippen molar-refractivity contribution in [2.75, 3.05) is 0 Å². The Bertz CT molecular complexity index is 2220. The maximum absolute atomic E-state index is 14.3. The second-order valence-electron chi connectivity index (χ2n) is 13.8. The molecule has 0 aliphatic carbocycles. The summed E-state index contributed by atoms with van der Waals surface area (Å²) in [4.78, 5) is 123. The molecule has 0 spiro atoms. The molecule has 6 rings (SSSR count). The van der Waals surface area contributed by atoms with Crippen LogP contribution in [0.3, 0.4) is 0 Å². The fraction of sp³-hybridized carbons (Fsp3) is 0.333. The van der Waals surface area contributed by atoms with Gasteiger partial charge in [-0.3, -0.25) is 24.0 Å². The molecule has 6 atom stereocenters. The Labute approximate surface area is 340 Å². The van der Waals surface area contributed by atoms with E-state index < -0.39 is 65.8 Å². The lowest BCUT2D eigenvalue weighted by Gasteiger charge is -2.27. The average Bonchev–Trinajstić information content (AvgIpc) is 4.08. The zero-order chi connectivity index (χ0) is 42.3. The maximum Gasteiger partial charge on any atom is 0.243 e. The molecular formula is C36H44N18O6. The van der Waals surface area contributed by atoms with Crippen molar-refractivity contribution in [3.63, 3.8) is 0 Å². The van der Waals surface area contributed by atoms with Crippen molar-refractivity contribution < 1.29 is 28.8 Å². The summed E-state index contributed by atoms with van der Waals surface area (Å²) in [6, 6.07) is -7.13. The van der Waals surface area contributed by atoms with Gasteiger partial charge in [-0.25, -0.2) is 29.9 Å².